The third-order valence-electron chi connectivity index (χ3n) is 5.03. The summed E-state index contributed by atoms with van der Waals surface area (Å²) >= 11 is 2.34. The van der Waals surface area contributed by atoms with Crippen LogP contribution in [0.15, 0.2) is 57.8 Å². The highest BCUT2D eigenvalue weighted by atomic mass is 32.2. The van der Waals surface area contributed by atoms with Crippen molar-refractivity contribution in [1.29, 1.82) is 0 Å². The number of rotatable bonds is 13. The van der Waals surface area contributed by atoms with Crippen molar-refractivity contribution in [1.82, 2.24) is 14.5 Å². The molecular formula is C24H29N5O5S3. The SMILES string of the molecule is CCCN(CCC)S(=O)(=O)c1ccc(C(=O)Nc2nnc(SCC(=O)Nc3ccc(OC)cc3)s2)cc1. The Bertz CT molecular complexity index is 1290. The number of benzene rings is 2. The number of nitrogens with one attached hydrogen (secondary N) is 2. The second kappa shape index (κ2) is 13.5. The standard InChI is InChI=1S/C24H29N5O5S3/c1-4-14-29(15-5-2)37(32,33)20-12-6-17(7-13-20)22(31)26-23-27-28-24(36-23)35-16-21(30)25-18-8-10-19(34-3)11-9-18/h6-13H,4-5,14-16H2,1-3H3,(H,25,30)(H,26,27,31). The first-order valence-electron chi connectivity index (χ1n) is 11.6. The molecule has 3 rings (SSSR count). The Labute approximate surface area is 224 Å². The van der Waals surface area contributed by atoms with E-state index in [1.54, 1.807) is 31.4 Å². The van der Waals surface area contributed by atoms with Crippen LogP contribution in [0.25, 0.3) is 0 Å². The number of amides is 2. The molecule has 0 aliphatic rings. The predicted octanol–water partition coefficient (Wildman–Crippen LogP) is 4.34. The first-order valence-corrected chi connectivity index (χ1v) is 14.8. The van der Waals surface area contributed by atoms with Gasteiger partial charge in [-0.15, -0.1) is 10.2 Å². The van der Waals surface area contributed by atoms with Crippen LogP contribution in [0.1, 0.15) is 37.0 Å². The summed E-state index contributed by atoms with van der Waals surface area (Å²) in [7, 11) is -2.05. The van der Waals surface area contributed by atoms with Crippen molar-refractivity contribution in [3.8, 4) is 5.75 Å². The van der Waals surface area contributed by atoms with E-state index in [2.05, 4.69) is 20.8 Å². The molecule has 0 spiro atoms. The van der Waals surface area contributed by atoms with Crippen LogP contribution in [-0.2, 0) is 14.8 Å². The number of thioether (sulfide) groups is 1. The molecule has 3 aromatic rings. The molecule has 10 nitrogen and oxygen atoms in total. The number of hydrogen-bond acceptors (Lipinski definition) is 9. The molecule has 0 saturated heterocycles. The van der Waals surface area contributed by atoms with Gasteiger partial charge in [0.05, 0.1) is 17.8 Å². The van der Waals surface area contributed by atoms with Gasteiger partial charge >= 0.3 is 0 Å². The Balaban J connectivity index is 1.54. The molecule has 0 radical (unpaired) electrons. The molecule has 1 aromatic heterocycles. The molecule has 1 heterocycles. The van der Waals surface area contributed by atoms with Gasteiger partial charge in [-0.2, -0.15) is 4.31 Å². The monoisotopic (exact) mass is 563 g/mol. The van der Waals surface area contributed by atoms with E-state index in [9.17, 15) is 18.0 Å². The van der Waals surface area contributed by atoms with Crippen LogP contribution in [0, 0.1) is 0 Å². The highest BCUT2D eigenvalue weighted by Crippen LogP contribution is 2.26. The molecule has 0 fully saturated rings. The Morgan fingerprint density at radius 2 is 1.62 bits per heavy atom. The van der Waals surface area contributed by atoms with E-state index in [-0.39, 0.29) is 21.7 Å². The molecule has 0 aliphatic heterocycles. The number of methoxy groups -OCH3 is 1. The van der Waals surface area contributed by atoms with E-state index < -0.39 is 15.9 Å². The zero-order chi connectivity index (χ0) is 26.8. The molecule has 2 aromatic carbocycles. The van der Waals surface area contributed by atoms with E-state index >= 15 is 0 Å². The average Bonchev–Trinajstić information content (AvgIpc) is 3.35. The second-order valence-electron chi connectivity index (χ2n) is 7.82. The molecule has 0 aliphatic carbocycles. The van der Waals surface area contributed by atoms with Crippen LogP contribution >= 0.6 is 23.1 Å². The quantitative estimate of drug-likeness (QED) is 0.232. The molecule has 0 saturated carbocycles. The van der Waals surface area contributed by atoms with Crippen molar-refractivity contribution in [2.75, 3.05) is 36.6 Å². The van der Waals surface area contributed by atoms with Gasteiger partial charge in [0.15, 0.2) is 4.34 Å². The summed E-state index contributed by atoms with van der Waals surface area (Å²) in [6, 6.07) is 12.8. The first-order chi connectivity index (χ1) is 17.8. The lowest BCUT2D eigenvalue weighted by molar-refractivity contribution is -0.113. The Kier molecular flexibility index (Phi) is 10.4. The summed E-state index contributed by atoms with van der Waals surface area (Å²) < 4.78 is 32.9. The molecule has 37 heavy (non-hydrogen) atoms. The number of aromatic nitrogens is 2. The van der Waals surface area contributed by atoms with Gasteiger partial charge in [0.1, 0.15) is 5.75 Å². The first kappa shape index (κ1) is 28.6. The van der Waals surface area contributed by atoms with E-state index in [1.165, 1.54) is 40.3 Å². The van der Waals surface area contributed by atoms with E-state index in [4.69, 9.17) is 4.74 Å². The van der Waals surface area contributed by atoms with Gasteiger partial charge in [-0.05, 0) is 61.4 Å². The largest absolute Gasteiger partial charge is 0.497 e. The third-order valence-corrected chi connectivity index (χ3v) is 8.91. The minimum absolute atomic E-state index is 0.123. The maximum absolute atomic E-state index is 12.9. The molecule has 0 unspecified atom stereocenters. The van der Waals surface area contributed by atoms with Crippen molar-refractivity contribution in [3.63, 3.8) is 0 Å². The van der Waals surface area contributed by atoms with E-state index in [1.807, 2.05) is 13.8 Å². The summed E-state index contributed by atoms with van der Waals surface area (Å²) in [5, 5.41) is 13.7. The van der Waals surface area contributed by atoms with Crippen LogP contribution < -0.4 is 15.4 Å². The summed E-state index contributed by atoms with van der Waals surface area (Å²) in [6.45, 7) is 4.75. The summed E-state index contributed by atoms with van der Waals surface area (Å²) in [5.41, 5.74) is 0.943. The number of carbonyl (C=O) groups is 2. The fraction of sp³-hybridized carbons (Fsp3) is 0.333. The number of carbonyl (C=O) groups excluding carboxylic acids is 2. The van der Waals surface area contributed by atoms with Gasteiger partial charge in [-0.1, -0.05) is 36.9 Å². The average molecular weight is 564 g/mol. The van der Waals surface area contributed by atoms with Crippen LogP contribution in [0.5, 0.6) is 5.75 Å². The maximum Gasteiger partial charge on any atom is 0.257 e. The van der Waals surface area contributed by atoms with Gasteiger partial charge in [-0.3, -0.25) is 14.9 Å². The molecule has 0 atom stereocenters. The fourth-order valence-corrected chi connectivity index (χ4v) is 6.44. The van der Waals surface area contributed by atoms with Crippen molar-refractivity contribution in [3.05, 3.63) is 54.1 Å². The van der Waals surface area contributed by atoms with Gasteiger partial charge in [-0.25, -0.2) is 8.42 Å². The van der Waals surface area contributed by atoms with Gasteiger partial charge in [0.25, 0.3) is 5.91 Å². The van der Waals surface area contributed by atoms with E-state index in [0.717, 1.165) is 24.2 Å². The molecular weight excluding hydrogens is 534 g/mol. The van der Waals surface area contributed by atoms with Crippen molar-refractivity contribution < 1.29 is 22.7 Å². The normalized spacial score (nSPS) is 11.4. The van der Waals surface area contributed by atoms with Gasteiger partial charge in [0.2, 0.25) is 21.1 Å². The molecule has 2 amide bonds. The molecule has 198 valence electrons. The number of sulfonamides is 1. The third kappa shape index (κ3) is 7.99. The lowest BCUT2D eigenvalue weighted by Gasteiger charge is -2.21. The minimum Gasteiger partial charge on any atom is -0.497 e. The summed E-state index contributed by atoms with van der Waals surface area (Å²) in [6.07, 6.45) is 1.43. The zero-order valence-corrected chi connectivity index (χ0v) is 23.2. The topological polar surface area (TPSA) is 131 Å². The van der Waals surface area contributed by atoms with Crippen LogP contribution in [0.3, 0.4) is 0 Å². The Hall–Kier alpha value is -3.00. The second-order valence-corrected chi connectivity index (χ2v) is 12.0. The van der Waals surface area contributed by atoms with Crippen molar-refractivity contribution in [2.24, 2.45) is 0 Å². The molecule has 0 bridgehead atoms. The fourth-order valence-electron chi connectivity index (χ4n) is 3.26. The van der Waals surface area contributed by atoms with Gasteiger partial charge in [0, 0.05) is 24.3 Å². The van der Waals surface area contributed by atoms with Crippen LogP contribution in [0.2, 0.25) is 0 Å². The summed E-state index contributed by atoms with van der Waals surface area (Å²) in [5.74, 6) is 0.176. The lowest BCUT2D eigenvalue weighted by Crippen LogP contribution is -2.32. The highest BCUT2D eigenvalue weighted by Gasteiger charge is 2.23. The summed E-state index contributed by atoms with van der Waals surface area (Å²) in [4.78, 5) is 25.0. The van der Waals surface area contributed by atoms with Gasteiger partial charge < -0.3 is 10.1 Å². The highest BCUT2D eigenvalue weighted by molar-refractivity contribution is 8.01. The zero-order valence-electron chi connectivity index (χ0n) is 20.8. The minimum atomic E-state index is -3.62. The smallest absolute Gasteiger partial charge is 0.257 e. The number of nitrogens with zero attached hydrogens (tertiary/aromatic N) is 3. The molecule has 2 N–H and O–H groups in total. The maximum atomic E-state index is 12.9. The number of ether oxygens (including phenoxy) is 1. The van der Waals surface area contributed by atoms with Crippen LogP contribution in [0.4, 0.5) is 10.8 Å². The van der Waals surface area contributed by atoms with Crippen molar-refractivity contribution >= 4 is 55.8 Å². The van der Waals surface area contributed by atoms with Crippen LogP contribution in [-0.4, -0.2) is 60.7 Å². The molecule has 13 heteroatoms. The lowest BCUT2D eigenvalue weighted by atomic mass is 10.2. The number of hydrogen-bond donors (Lipinski definition) is 2. The van der Waals surface area contributed by atoms with E-state index in [0.29, 0.717) is 34.4 Å². The van der Waals surface area contributed by atoms with Crippen molar-refractivity contribution in [2.45, 2.75) is 35.9 Å². The predicted molar refractivity (Wildman–Crippen MR) is 146 cm³/mol. The Morgan fingerprint density at radius 3 is 2.22 bits per heavy atom. The Morgan fingerprint density at radius 1 is 0.973 bits per heavy atom. The number of anilines is 2.